The number of nitrogens with one attached hydrogen (secondary N) is 1. The van der Waals surface area contributed by atoms with Gasteiger partial charge in [-0.15, -0.1) is 11.3 Å². The van der Waals surface area contributed by atoms with Crippen LogP contribution >= 0.6 is 11.3 Å². The minimum absolute atomic E-state index is 0.138. The molecule has 1 unspecified atom stereocenters. The molecule has 1 atom stereocenters. The van der Waals surface area contributed by atoms with Crippen molar-refractivity contribution in [3.63, 3.8) is 0 Å². The van der Waals surface area contributed by atoms with Crippen molar-refractivity contribution in [2.75, 3.05) is 6.54 Å². The molecule has 4 nitrogen and oxygen atoms in total. The number of amides is 1. The number of carbonyl (C=O) groups excluding carboxylic acids is 1. The van der Waals surface area contributed by atoms with Gasteiger partial charge in [-0.05, 0) is 37.6 Å². The molecule has 0 spiro atoms. The summed E-state index contributed by atoms with van der Waals surface area (Å²) in [4.78, 5) is 23.4. The van der Waals surface area contributed by atoms with Gasteiger partial charge in [0, 0.05) is 29.7 Å². The molecule has 1 N–H and O–H groups in total. The van der Waals surface area contributed by atoms with E-state index in [4.69, 9.17) is 0 Å². The Morgan fingerprint density at radius 2 is 2.50 bits per heavy atom. The number of H-pyrrole nitrogens is 1. The summed E-state index contributed by atoms with van der Waals surface area (Å²) < 4.78 is 0. The molecule has 0 aliphatic carbocycles. The van der Waals surface area contributed by atoms with Crippen LogP contribution in [0, 0.1) is 6.92 Å². The molecule has 1 amide bonds. The summed E-state index contributed by atoms with van der Waals surface area (Å²) in [6.07, 6.45) is 5.35. The molecule has 3 heterocycles. The number of thiophene rings is 1. The highest BCUT2D eigenvalue weighted by Gasteiger charge is 2.31. The van der Waals surface area contributed by atoms with E-state index in [9.17, 15) is 4.79 Å². The zero-order chi connectivity index (χ0) is 13.9. The fourth-order valence-electron chi connectivity index (χ4n) is 2.78. The third-order valence-electron chi connectivity index (χ3n) is 3.78. The smallest absolute Gasteiger partial charge is 0.223 e. The fourth-order valence-corrected chi connectivity index (χ4v) is 3.49. The van der Waals surface area contributed by atoms with Crippen molar-refractivity contribution in [1.82, 2.24) is 14.9 Å². The lowest BCUT2D eigenvalue weighted by molar-refractivity contribution is -0.132. The molecule has 5 heteroatoms. The molecule has 2 aromatic rings. The first-order chi connectivity index (χ1) is 9.74. The Kier molecular flexibility index (Phi) is 3.87. The topological polar surface area (TPSA) is 49.0 Å². The molecule has 20 heavy (non-hydrogen) atoms. The predicted molar refractivity (Wildman–Crippen MR) is 79.7 cm³/mol. The van der Waals surface area contributed by atoms with Crippen LogP contribution in [0.3, 0.4) is 0 Å². The number of aromatic nitrogens is 2. The molecule has 1 fully saturated rings. The third kappa shape index (κ3) is 2.77. The van der Waals surface area contributed by atoms with Crippen LogP contribution in [-0.4, -0.2) is 27.3 Å². The molecule has 3 rings (SSSR count). The van der Waals surface area contributed by atoms with E-state index in [1.165, 1.54) is 4.88 Å². The lowest BCUT2D eigenvalue weighted by Crippen LogP contribution is -2.31. The molecule has 1 aliphatic rings. The highest BCUT2D eigenvalue weighted by Crippen LogP contribution is 2.30. The third-order valence-corrected chi connectivity index (χ3v) is 4.71. The number of hydrogen-bond acceptors (Lipinski definition) is 3. The maximum atomic E-state index is 12.4. The van der Waals surface area contributed by atoms with Crippen molar-refractivity contribution in [3.8, 4) is 0 Å². The van der Waals surface area contributed by atoms with E-state index >= 15 is 0 Å². The van der Waals surface area contributed by atoms with Crippen molar-refractivity contribution in [2.45, 2.75) is 38.6 Å². The highest BCUT2D eigenvalue weighted by atomic mass is 32.1. The summed E-state index contributed by atoms with van der Waals surface area (Å²) in [5.74, 6) is 1.18. The number of rotatable bonds is 4. The zero-order valence-corrected chi connectivity index (χ0v) is 12.4. The highest BCUT2D eigenvalue weighted by molar-refractivity contribution is 7.09. The largest absolute Gasteiger partial charge is 0.344 e. The molecule has 1 aliphatic heterocycles. The second-order valence-electron chi connectivity index (χ2n) is 5.28. The summed E-state index contributed by atoms with van der Waals surface area (Å²) in [5, 5.41) is 2.06. The molecule has 0 bridgehead atoms. The van der Waals surface area contributed by atoms with Gasteiger partial charge in [0.1, 0.15) is 5.82 Å². The maximum Gasteiger partial charge on any atom is 0.223 e. The first kappa shape index (κ1) is 13.4. The van der Waals surface area contributed by atoms with Crippen LogP contribution in [0.2, 0.25) is 0 Å². The van der Waals surface area contributed by atoms with Gasteiger partial charge in [0.25, 0.3) is 0 Å². The van der Waals surface area contributed by atoms with Gasteiger partial charge in [0.2, 0.25) is 5.91 Å². The van der Waals surface area contributed by atoms with Crippen molar-refractivity contribution < 1.29 is 4.79 Å². The average molecular weight is 289 g/mol. The average Bonchev–Trinajstić information content (AvgIpc) is 3.16. The standard InChI is InChI=1S/C15H19N3OS/c1-11-10-16-15(17-11)13-5-2-8-18(13)14(19)7-6-12-4-3-9-20-12/h3-4,9-10,13H,2,5-8H2,1H3,(H,16,17). The minimum atomic E-state index is 0.138. The summed E-state index contributed by atoms with van der Waals surface area (Å²) in [5.41, 5.74) is 1.05. The molecule has 0 radical (unpaired) electrons. The van der Waals surface area contributed by atoms with E-state index in [2.05, 4.69) is 21.4 Å². The van der Waals surface area contributed by atoms with Crippen LogP contribution in [0.1, 0.15) is 41.7 Å². The molecular formula is C15H19N3OS. The molecular weight excluding hydrogens is 270 g/mol. The number of likely N-dealkylation sites (tertiary alicyclic amines) is 1. The lowest BCUT2D eigenvalue weighted by Gasteiger charge is -2.23. The fraction of sp³-hybridized carbons (Fsp3) is 0.467. The number of hydrogen-bond donors (Lipinski definition) is 1. The van der Waals surface area contributed by atoms with Crippen LogP contribution in [0.5, 0.6) is 0 Å². The normalized spacial score (nSPS) is 18.6. The van der Waals surface area contributed by atoms with Gasteiger partial charge in [-0.2, -0.15) is 0 Å². The SMILES string of the molecule is Cc1cnc(C2CCCN2C(=O)CCc2cccs2)[nH]1. The summed E-state index contributed by atoms with van der Waals surface area (Å²) in [7, 11) is 0. The first-order valence-electron chi connectivity index (χ1n) is 7.07. The Balaban J connectivity index is 1.64. The van der Waals surface area contributed by atoms with E-state index in [0.717, 1.165) is 37.3 Å². The van der Waals surface area contributed by atoms with Crippen LogP contribution in [0.15, 0.2) is 23.7 Å². The molecule has 2 aromatic heterocycles. The van der Waals surface area contributed by atoms with Gasteiger partial charge in [-0.25, -0.2) is 4.98 Å². The van der Waals surface area contributed by atoms with Crippen LogP contribution in [0.25, 0.3) is 0 Å². The van der Waals surface area contributed by atoms with Crippen LogP contribution in [0.4, 0.5) is 0 Å². The van der Waals surface area contributed by atoms with E-state index in [-0.39, 0.29) is 11.9 Å². The van der Waals surface area contributed by atoms with Crippen LogP contribution in [-0.2, 0) is 11.2 Å². The van der Waals surface area contributed by atoms with Crippen molar-refractivity contribution >= 4 is 17.2 Å². The van der Waals surface area contributed by atoms with E-state index < -0.39 is 0 Å². The van der Waals surface area contributed by atoms with Gasteiger partial charge in [0.05, 0.1) is 6.04 Å². The summed E-state index contributed by atoms with van der Waals surface area (Å²) in [6.45, 7) is 2.85. The van der Waals surface area contributed by atoms with E-state index in [1.54, 1.807) is 11.3 Å². The minimum Gasteiger partial charge on any atom is -0.344 e. The second-order valence-corrected chi connectivity index (χ2v) is 6.31. The number of carbonyl (C=O) groups is 1. The van der Waals surface area contributed by atoms with E-state index in [0.29, 0.717) is 6.42 Å². The van der Waals surface area contributed by atoms with Crippen molar-refractivity contribution in [1.29, 1.82) is 0 Å². The Bertz CT molecular complexity index is 576. The molecule has 0 aromatic carbocycles. The van der Waals surface area contributed by atoms with Gasteiger partial charge >= 0.3 is 0 Å². The van der Waals surface area contributed by atoms with Gasteiger partial charge in [0.15, 0.2) is 0 Å². The quantitative estimate of drug-likeness (QED) is 0.940. The summed E-state index contributed by atoms with van der Waals surface area (Å²) >= 11 is 1.72. The Labute approximate surface area is 122 Å². The lowest BCUT2D eigenvalue weighted by atomic mass is 10.2. The van der Waals surface area contributed by atoms with Crippen LogP contribution < -0.4 is 0 Å². The predicted octanol–water partition coefficient (Wildman–Crippen LogP) is 3.08. The molecule has 1 saturated heterocycles. The van der Waals surface area contributed by atoms with Crippen molar-refractivity contribution in [2.24, 2.45) is 0 Å². The summed E-state index contributed by atoms with van der Waals surface area (Å²) in [6, 6.07) is 4.27. The van der Waals surface area contributed by atoms with Gasteiger partial charge in [-0.1, -0.05) is 6.07 Å². The number of nitrogens with zero attached hydrogens (tertiary/aromatic N) is 2. The number of aryl methyl sites for hydroxylation is 2. The Hall–Kier alpha value is -1.62. The van der Waals surface area contributed by atoms with Gasteiger partial charge < -0.3 is 9.88 Å². The monoisotopic (exact) mass is 289 g/mol. The first-order valence-corrected chi connectivity index (χ1v) is 7.95. The Morgan fingerprint density at radius 3 is 3.20 bits per heavy atom. The molecule has 0 saturated carbocycles. The molecule has 106 valence electrons. The van der Waals surface area contributed by atoms with E-state index in [1.807, 2.05) is 24.1 Å². The van der Waals surface area contributed by atoms with Gasteiger partial charge in [-0.3, -0.25) is 4.79 Å². The van der Waals surface area contributed by atoms with Crippen molar-refractivity contribution in [3.05, 3.63) is 40.1 Å². The Morgan fingerprint density at radius 1 is 1.60 bits per heavy atom. The second kappa shape index (κ2) is 5.79. The number of aromatic amines is 1. The maximum absolute atomic E-state index is 12.4. The number of imidazole rings is 1. The zero-order valence-electron chi connectivity index (χ0n) is 11.6.